The number of hydrogen-bond acceptors (Lipinski definition) is 4. The summed E-state index contributed by atoms with van der Waals surface area (Å²) in [6, 6.07) is 6.04. The summed E-state index contributed by atoms with van der Waals surface area (Å²) in [7, 11) is 0. The topological polar surface area (TPSA) is 50.8 Å². The third kappa shape index (κ3) is 3.32. The predicted octanol–water partition coefficient (Wildman–Crippen LogP) is 2.08. The second-order valence-corrected chi connectivity index (χ2v) is 6.20. The zero-order chi connectivity index (χ0) is 15.6. The number of piperidine rings is 1. The Kier molecular flexibility index (Phi) is 4.47. The lowest BCUT2D eigenvalue weighted by molar-refractivity contribution is -0.185. The van der Waals surface area contributed by atoms with Gasteiger partial charge >= 0.3 is 0 Å². The van der Waals surface area contributed by atoms with Crippen LogP contribution >= 0.6 is 0 Å². The summed E-state index contributed by atoms with van der Waals surface area (Å²) in [5, 5.41) is 3.04. The van der Waals surface area contributed by atoms with E-state index < -0.39 is 0 Å². The lowest BCUT2D eigenvalue weighted by Crippen LogP contribution is -2.47. The number of carbonyl (C=O) groups excluding carboxylic acids is 1. The van der Waals surface area contributed by atoms with Crippen LogP contribution in [0.5, 0.6) is 0 Å². The van der Waals surface area contributed by atoms with Crippen LogP contribution in [0.2, 0.25) is 0 Å². The molecule has 1 aromatic carbocycles. The molecule has 0 atom stereocenters. The van der Waals surface area contributed by atoms with Gasteiger partial charge in [0.25, 0.3) is 0 Å². The summed E-state index contributed by atoms with van der Waals surface area (Å²) in [4.78, 5) is 14.4. The molecule has 1 amide bonds. The van der Waals surface area contributed by atoms with Crippen molar-refractivity contribution in [3.8, 4) is 0 Å². The Morgan fingerprint density at radius 3 is 2.36 bits per heavy atom. The predicted molar refractivity (Wildman–Crippen MR) is 84.9 cm³/mol. The third-order valence-electron chi connectivity index (χ3n) is 4.54. The lowest BCUT2D eigenvalue weighted by Gasteiger charge is -2.37. The first-order valence-electron chi connectivity index (χ1n) is 7.94. The first-order chi connectivity index (χ1) is 10.6. The molecular formula is C17H24N2O3. The number of nitrogens with one attached hydrogen (secondary N) is 1. The summed E-state index contributed by atoms with van der Waals surface area (Å²) in [5.41, 5.74) is 3.13. The van der Waals surface area contributed by atoms with Crippen molar-refractivity contribution in [2.45, 2.75) is 32.5 Å². The van der Waals surface area contributed by atoms with Crippen molar-refractivity contribution in [3.63, 3.8) is 0 Å². The maximum Gasteiger partial charge on any atom is 0.238 e. The van der Waals surface area contributed by atoms with Crippen molar-refractivity contribution < 1.29 is 14.3 Å². The van der Waals surface area contributed by atoms with Crippen molar-refractivity contribution in [2.75, 3.05) is 38.2 Å². The van der Waals surface area contributed by atoms with Gasteiger partial charge < -0.3 is 14.8 Å². The average molecular weight is 304 g/mol. The second-order valence-electron chi connectivity index (χ2n) is 6.20. The van der Waals surface area contributed by atoms with Gasteiger partial charge in [-0.25, -0.2) is 0 Å². The molecule has 2 heterocycles. The molecule has 5 heteroatoms. The van der Waals surface area contributed by atoms with Gasteiger partial charge in [0, 0.05) is 31.6 Å². The molecule has 0 unspecified atom stereocenters. The van der Waals surface area contributed by atoms with E-state index in [0.717, 1.165) is 42.7 Å². The van der Waals surface area contributed by atoms with Gasteiger partial charge in [0.15, 0.2) is 5.79 Å². The number of anilines is 1. The standard InChI is InChI=1S/C17H24N2O3/c1-13-4-3-5-14(2)16(13)18-15(20)12-19-8-6-17(7-9-19)21-10-11-22-17/h3-5H,6-12H2,1-2H3,(H,18,20). The summed E-state index contributed by atoms with van der Waals surface area (Å²) >= 11 is 0. The molecule has 120 valence electrons. The normalized spacial score (nSPS) is 21.2. The Morgan fingerprint density at radius 2 is 1.77 bits per heavy atom. The summed E-state index contributed by atoms with van der Waals surface area (Å²) in [6.07, 6.45) is 1.67. The van der Waals surface area contributed by atoms with E-state index in [9.17, 15) is 4.79 Å². The van der Waals surface area contributed by atoms with E-state index in [2.05, 4.69) is 10.2 Å². The van der Waals surface area contributed by atoms with Gasteiger partial charge in [0.2, 0.25) is 5.91 Å². The molecule has 3 rings (SSSR count). The third-order valence-corrected chi connectivity index (χ3v) is 4.54. The SMILES string of the molecule is Cc1cccc(C)c1NC(=O)CN1CCC2(CC1)OCCO2. The van der Waals surface area contributed by atoms with Crippen LogP contribution in [0.4, 0.5) is 5.69 Å². The Labute approximate surface area is 131 Å². The van der Waals surface area contributed by atoms with Crippen molar-refractivity contribution in [3.05, 3.63) is 29.3 Å². The lowest BCUT2D eigenvalue weighted by atomic mass is 10.0. The number of rotatable bonds is 3. The molecule has 0 saturated carbocycles. The molecule has 0 aliphatic carbocycles. The van der Waals surface area contributed by atoms with Crippen molar-refractivity contribution in [2.24, 2.45) is 0 Å². The minimum Gasteiger partial charge on any atom is -0.347 e. The molecule has 1 aromatic rings. The summed E-state index contributed by atoms with van der Waals surface area (Å²) in [5.74, 6) is -0.332. The van der Waals surface area contributed by atoms with Gasteiger partial charge in [-0.15, -0.1) is 0 Å². The Morgan fingerprint density at radius 1 is 1.18 bits per heavy atom. The highest BCUT2D eigenvalue weighted by Gasteiger charge is 2.39. The average Bonchev–Trinajstić information content (AvgIpc) is 2.94. The van der Waals surface area contributed by atoms with Crippen LogP contribution < -0.4 is 5.32 Å². The monoisotopic (exact) mass is 304 g/mol. The quantitative estimate of drug-likeness (QED) is 0.929. The highest BCUT2D eigenvalue weighted by molar-refractivity contribution is 5.93. The first-order valence-corrected chi connectivity index (χ1v) is 7.94. The second kappa shape index (κ2) is 6.36. The highest BCUT2D eigenvalue weighted by atomic mass is 16.7. The van der Waals surface area contributed by atoms with Gasteiger partial charge in [-0.2, -0.15) is 0 Å². The molecule has 0 radical (unpaired) electrons. The number of aryl methyl sites for hydroxylation is 2. The van der Waals surface area contributed by atoms with Crippen molar-refractivity contribution >= 4 is 11.6 Å². The molecule has 1 spiro atoms. The number of carbonyl (C=O) groups is 1. The van der Waals surface area contributed by atoms with Crippen LogP contribution in [0, 0.1) is 13.8 Å². The zero-order valence-electron chi connectivity index (χ0n) is 13.4. The van der Waals surface area contributed by atoms with Gasteiger partial charge in [-0.3, -0.25) is 9.69 Å². The molecule has 2 fully saturated rings. The number of amides is 1. The van der Waals surface area contributed by atoms with E-state index in [0.29, 0.717) is 19.8 Å². The smallest absolute Gasteiger partial charge is 0.238 e. The Bertz CT molecular complexity index is 523. The Balaban J connectivity index is 1.52. The van der Waals surface area contributed by atoms with Gasteiger partial charge in [0.05, 0.1) is 19.8 Å². The van der Waals surface area contributed by atoms with Gasteiger partial charge in [-0.05, 0) is 25.0 Å². The maximum atomic E-state index is 12.3. The van der Waals surface area contributed by atoms with E-state index in [1.807, 2.05) is 32.0 Å². The van der Waals surface area contributed by atoms with E-state index in [1.54, 1.807) is 0 Å². The highest BCUT2D eigenvalue weighted by Crippen LogP contribution is 2.31. The Hall–Kier alpha value is -1.43. The fourth-order valence-corrected chi connectivity index (χ4v) is 3.23. The fraction of sp³-hybridized carbons (Fsp3) is 0.588. The number of nitrogens with zero attached hydrogens (tertiary/aromatic N) is 1. The summed E-state index contributed by atoms with van der Waals surface area (Å²) < 4.78 is 11.4. The minimum absolute atomic E-state index is 0.0432. The number of para-hydroxylation sites is 1. The molecular weight excluding hydrogens is 280 g/mol. The van der Waals surface area contributed by atoms with Crippen LogP contribution in [-0.2, 0) is 14.3 Å². The van der Waals surface area contributed by atoms with E-state index >= 15 is 0 Å². The van der Waals surface area contributed by atoms with Crippen LogP contribution in [0.1, 0.15) is 24.0 Å². The van der Waals surface area contributed by atoms with Crippen LogP contribution in [0.15, 0.2) is 18.2 Å². The molecule has 1 N–H and O–H groups in total. The molecule has 2 saturated heterocycles. The van der Waals surface area contributed by atoms with E-state index in [-0.39, 0.29) is 11.7 Å². The van der Waals surface area contributed by atoms with E-state index in [1.165, 1.54) is 0 Å². The molecule has 0 bridgehead atoms. The van der Waals surface area contributed by atoms with E-state index in [4.69, 9.17) is 9.47 Å². The molecule has 0 aromatic heterocycles. The maximum absolute atomic E-state index is 12.3. The number of hydrogen-bond donors (Lipinski definition) is 1. The number of likely N-dealkylation sites (tertiary alicyclic amines) is 1. The van der Waals surface area contributed by atoms with Gasteiger partial charge in [0.1, 0.15) is 0 Å². The number of ether oxygens (including phenoxy) is 2. The number of benzene rings is 1. The molecule has 5 nitrogen and oxygen atoms in total. The minimum atomic E-state index is -0.375. The molecule has 2 aliphatic heterocycles. The largest absolute Gasteiger partial charge is 0.347 e. The first kappa shape index (κ1) is 15.5. The molecule has 2 aliphatic rings. The van der Waals surface area contributed by atoms with Gasteiger partial charge in [-0.1, -0.05) is 18.2 Å². The van der Waals surface area contributed by atoms with Crippen LogP contribution in [0.25, 0.3) is 0 Å². The molecule has 22 heavy (non-hydrogen) atoms. The fourth-order valence-electron chi connectivity index (χ4n) is 3.23. The summed E-state index contributed by atoms with van der Waals surface area (Å²) in [6.45, 7) is 7.49. The van der Waals surface area contributed by atoms with Crippen molar-refractivity contribution in [1.29, 1.82) is 0 Å². The van der Waals surface area contributed by atoms with Crippen molar-refractivity contribution in [1.82, 2.24) is 4.90 Å². The van der Waals surface area contributed by atoms with Crippen LogP contribution in [-0.4, -0.2) is 49.4 Å². The van der Waals surface area contributed by atoms with Crippen LogP contribution in [0.3, 0.4) is 0 Å². The zero-order valence-corrected chi connectivity index (χ0v) is 13.4.